The quantitative estimate of drug-likeness (QED) is 0.624. The molecule has 0 aliphatic carbocycles. The van der Waals surface area contributed by atoms with Crippen molar-refractivity contribution in [1.82, 2.24) is 14.8 Å². The zero-order valence-electron chi connectivity index (χ0n) is 18.4. The predicted molar refractivity (Wildman–Crippen MR) is 123 cm³/mol. The lowest BCUT2D eigenvalue weighted by Gasteiger charge is -2.43. The van der Waals surface area contributed by atoms with Gasteiger partial charge >= 0.3 is 0 Å². The summed E-state index contributed by atoms with van der Waals surface area (Å²) >= 11 is 0. The minimum Gasteiger partial charge on any atom is -0.361 e. The zero-order chi connectivity index (χ0) is 22.6. The van der Waals surface area contributed by atoms with E-state index in [9.17, 15) is 9.59 Å². The van der Waals surface area contributed by atoms with Gasteiger partial charge in [-0.3, -0.25) is 14.6 Å². The van der Waals surface area contributed by atoms with Gasteiger partial charge in [0.2, 0.25) is 0 Å². The predicted octanol–water partition coefficient (Wildman–Crippen LogP) is 3.29. The Hall–Kier alpha value is -3.51. The Labute approximate surface area is 188 Å². The molecule has 6 nitrogen and oxygen atoms in total. The lowest BCUT2D eigenvalue weighted by molar-refractivity contribution is -0.165. The third kappa shape index (κ3) is 4.41. The van der Waals surface area contributed by atoms with Gasteiger partial charge in [0.15, 0.2) is 5.60 Å². The fourth-order valence-electron chi connectivity index (χ4n) is 4.24. The molecular formula is C26H27N3O3. The van der Waals surface area contributed by atoms with Gasteiger partial charge < -0.3 is 14.5 Å². The van der Waals surface area contributed by atoms with Crippen molar-refractivity contribution in [2.75, 3.05) is 33.8 Å². The summed E-state index contributed by atoms with van der Waals surface area (Å²) in [6.45, 7) is 0.945. The normalized spacial score (nSPS) is 18.2. The van der Waals surface area contributed by atoms with Gasteiger partial charge in [-0.25, -0.2) is 0 Å². The molecule has 6 heteroatoms. The largest absolute Gasteiger partial charge is 0.361 e. The first kappa shape index (κ1) is 21.7. The second-order valence-electron chi connectivity index (χ2n) is 8.20. The van der Waals surface area contributed by atoms with E-state index < -0.39 is 5.60 Å². The second kappa shape index (κ2) is 9.32. The van der Waals surface area contributed by atoms with Gasteiger partial charge in [-0.1, -0.05) is 42.5 Å². The molecule has 3 aromatic rings. The van der Waals surface area contributed by atoms with E-state index >= 15 is 0 Å². The summed E-state index contributed by atoms with van der Waals surface area (Å²) in [4.78, 5) is 34.0. The fourth-order valence-corrected chi connectivity index (χ4v) is 4.24. The molecule has 1 aliphatic heterocycles. The molecule has 2 amide bonds. The van der Waals surface area contributed by atoms with Crippen LogP contribution in [-0.2, 0) is 16.0 Å². The van der Waals surface area contributed by atoms with Crippen LogP contribution >= 0.6 is 0 Å². The SMILES string of the molecule is CN(C)C(=O)C1(Cc2ccccc2-c2ccncc2)CN(C(=O)c2ccccc2)CCO1. The van der Waals surface area contributed by atoms with Crippen LogP contribution in [0.4, 0.5) is 0 Å². The molecule has 0 N–H and O–H groups in total. The first-order valence-corrected chi connectivity index (χ1v) is 10.7. The molecule has 2 heterocycles. The number of likely N-dealkylation sites (N-methyl/N-ethyl adjacent to an activating group) is 1. The molecule has 1 fully saturated rings. The van der Waals surface area contributed by atoms with Crippen LogP contribution in [-0.4, -0.2) is 66.0 Å². The van der Waals surface area contributed by atoms with Crippen LogP contribution in [0.2, 0.25) is 0 Å². The maximum absolute atomic E-state index is 13.4. The van der Waals surface area contributed by atoms with Crippen molar-refractivity contribution in [2.45, 2.75) is 12.0 Å². The fraction of sp³-hybridized carbons (Fsp3) is 0.269. The number of amides is 2. The number of benzene rings is 2. The monoisotopic (exact) mass is 429 g/mol. The van der Waals surface area contributed by atoms with Gasteiger partial charge in [0.05, 0.1) is 13.2 Å². The van der Waals surface area contributed by atoms with E-state index in [2.05, 4.69) is 4.98 Å². The molecule has 1 aromatic heterocycles. The van der Waals surface area contributed by atoms with Gasteiger partial charge in [0.1, 0.15) is 0 Å². The van der Waals surface area contributed by atoms with Crippen molar-refractivity contribution in [2.24, 2.45) is 0 Å². The van der Waals surface area contributed by atoms with Crippen LogP contribution < -0.4 is 0 Å². The molecule has 164 valence electrons. The van der Waals surface area contributed by atoms with Gasteiger partial charge in [0.25, 0.3) is 11.8 Å². The molecule has 0 bridgehead atoms. The van der Waals surface area contributed by atoms with Crippen LogP contribution in [0.3, 0.4) is 0 Å². The highest BCUT2D eigenvalue weighted by molar-refractivity contribution is 5.95. The molecule has 1 saturated heterocycles. The number of carbonyl (C=O) groups excluding carboxylic acids is 2. The van der Waals surface area contributed by atoms with E-state index in [-0.39, 0.29) is 18.4 Å². The van der Waals surface area contributed by atoms with Crippen LogP contribution in [0.25, 0.3) is 11.1 Å². The van der Waals surface area contributed by atoms with E-state index in [1.165, 1.54) is 0 Å². The minimum atomic E-state index is -1.16. The van der Waals surface area contributed by atoms with E-state index in [0.29, 0.717) is 25.1 Å². The molecule has 1 aliphatic rings. The molecule has 32 heavy (non-hydrogen) atoms. The number of ether oxygens (including phenoxy) is 1. The minimum absolute atomic E-state index is 0.0905. The first-order valence-electron chi connectivity index (χ1n) is 10.7. The Bertz CT molecular complexity index is 1090. The smallest absolute Gasteiger partial charge is 0.256 e. The third-order valence-electron chi connectivity index (χ3n) is 5.77. The summed E-state index contributed by atoms with van der Waals surface area (Å²) < 4.78 is 6.20. The maximum atomic E-state index is 13.4. The van der Waals surface area contributed by atoms with Crippen molar-refractivity contribution in [1.29, 1.82) is 0 Å². The number of hydrogen-bond acceptors (Lipinski definition) is 4. The van der Waals surface area contributed by atoms with Crippen LogP contribution in [0.5, 0.6) is 0 Å². The van der Waals surface area contributed by atoms with Crippen molar-refractivity contribution >= 4 is 11.8 Å². The molecule has 0 saturated carbocycles. The van der Waals surface area contributed by atoms with E-state index in [0.717, 1.165) is 16.7 Å². The second-order valence-corrected chi connectivity index (χ2v) is 8.20. The number of aromatic nitrogens is 1. The first-order chi connectivity index (χ1) is 15.5. The highest BCUT2D eigenvalue weighted by Crippen LogP contribution is 2.31. The highest BCUT2D eigenvalue weighted by Gasteiger charge is 2.46. The lowest BCUT2D eigenvalue weighted by atomic mass is 9.87. The topological polar surface area (TPSA) is 62.7 Å². The number of rotatable bonds is 5. The summed E-state index contributed by atoms with van der Waals surface area (Å²) in [7, 11) is 3.44. The summed E-state index contributed by atoms with van der Waals surface area (Å²) in [6.07, 6.45) is 3.87. The Morgan fingerprint density at radius 2 is 1.69 bits per heavy atom. The molecule has 2 aromatic carbocycles. The lowest BCUT2D eigenvalue weighted by Crippen LogP contribution is -2.61. The van der Waals surface area contributed by atoms with Crippen molar-refractivity contribution in [3.8, 4) is 11.1 Å². The Morgan fingerprint density at radius 1 is 1.00 bits per heavy atom. The Morgan fingerprint density at radius 3 is 2.41 bits per heavy atom. The van der Waals surface area contributed by atoms with Crippen molar-refractivity contribution < 1.29 is 14.3 Å². The van der Waals surface area contributed by atoms with Gasteiger partial charge in [-0.15, -0.1) is 0 Å². The third-order valence-corrected chi connectivity index (χ3v) is 5.77. The number of pyridine rings is 1. The Kier molecular flexibility index (Phi) is 6.32. The number of morpholine rings is 1. The standard InChI is InChI=1S/C26H27N3O3/c1-28(2)25(31)26(18-22-10-6-7-11-23(22)20-12-14-27-15-13-20)19-29(16-17-32-26)24(30)21-8-4-3-5-9-21/h3-15H,16-19H2,1-2H3. The average molecular weight is 430 g/mol. The van der Waals surface area contributed by atoms with Crippen LogP contribution in [0.15, 0.2) is 79.1 Å². The molecular weight excluding hydrogens is 402 g/mol. The Balaban J connectivity index is 1.70. The summed E-state index contributed by atoms with van der Waals surface area (Å²) in [5, 5.41) is 0. The van der Waals surface area contributed by atoms with Crippen LogP contribution in [0.1, 0.15) is 15.9 Å². The molecule has 0 radical (unpaired) electrons. The zero-order valence-corrected chi connectivity index (χ0v) is 18.4. The number of carbonyl (C=O) groups is 2. The van der Waals surface area contributed by atoms with Crippen LogP contribution in [0, 0.1) is 0 Å². The van der Waals surface area contributed by atoms with Crippen molar-refractivity contribution in [3.63, 3.8) is 0 Å². The van der Waals surface area contributed by atoms with E-state index in [1.807, 2.05) is 54.6 Å². The molecule has 4 rings (SSSR count). The highest BCUT2D eigenvalue weighted by atomic mass is 16.5. The molecule has 1 atom stereocenters. The summed E-state index contributed by atoms with van der Waals surface area (Å²) in [6, 6.07) is 21.1. The van der Waals surface area contributed by atoms with Gasteiger partial charge in [-0.2, -0.15) is 0 Å². The van der Waals surface area contributed by atoms with E-state index in [4.69, 9.17) is 4.74 Å². The summed E-state index contributed by atoms with van der Waals surface area (Å²) in [5.74, 6) is -0.236. The molecule has 1 unspecified atom stereocenters. The summed E-state index contributed by atoms with van der Waals surface area (Å²) in [5.41, 5.74) is 2.49. The number of hydrogen-bond donors (Lipinski definition) is 0. The number of nitrogens with zero attached hydrogens (tertiary/aromatic N) is 3. The van der Waals surface area contributed by atoms with Gasteiger partial charge in [-0.05, 0) is 41.0 Å². The molecule has 0 spiro atoms. The van der Waals surface area contributed by atoms with Gasteiger partial charge in [0, 0.05) is 45.0 Å². The van der Waals surface area contributed by atoms with E-state index in [1.54, 1.807) is 48.4 Å². The van der Waals surface area contributed by atoms with Crippen molar-refractivity contribution in [3.05, 3.63) is 90.3 Å². The average Bonchev–Trinajstić information content (AvgIpc) is 2.84. The maximum Gasteiger partial charge on any atom is 0.256 e.